The molecule has 0 aliphatic carbocycles. The molecule has 0 bridgehead atoms. The van der Waals surface area contributed by atoms with Gasteiger partial charge in [-0.1, -0.05) is 45.0 Å². The summed E-state index contributed by atoms with van der Waals surface area (Å²) in [6.07, 6.45) is 1.54. The van der Waals surface area contributed by atoms with Gasteiger partial charge >= 0.3 is 6.01 Å². The average Bonchev–Trinajstić information content (AvgIpc) is 2.87. The summed E-state index contributed by atoms with van der Waals surface area (Å²) in [5, 5.41) is 10.5. The van der Waals surface area contributed by atoms with Crippen LogP contribution in [-0.4, -0.2) is 32.8 Å². The van der Waals surface area contributed by atoms with Crippen LogP contribution in [0.2, 0.25) is 0 Å². The molecule has 0 aliphatic rings. The van der Waals surface area contributed by atoms with Gasteiger partial charge in [0.25, 0.3) is 11.5 Å². The second kappa shape index (κ2) is 10.2. The number of benzene rings is 2. The van der Waals surface area contributed by atoms with Crippen LogP contribution in [0.4, 0.5) is 17.2 Å². The van der Waals surface area contributed by atoms with E-state index in [2.05, 4.69) is 46.5 Å². The number of aromatic nitrogens is 4. The molecule has 0 saturated carbocycles. The lowest BCUT2D eigenvalue weighted by Crippen LogP contribution is -2.23. The number of hydrogen-bond acceptors (Lipinski definition) is 7. The van der Waals surface area contributed by atoms with Crippen molar-refractivity contribution >= 4 is 23.1 Å². The van der Waals surface area contributed by atoms with E-state index in [1.807, 2.05) is 49.4 Å². The van der Waals surface area contributed by atoms with E-state index in [0.29, 0.717) is 28.5 Å². The first-order valence-corrected chi connectivity index (χ1v) is 11.8. The maximum atomic E-state index is 13.0. The number of aryl methyl sites for hydroxylation is 1. The maximum Gasteiger partial charge on any atom is 0.318 e. The molecule has 1 amide bonds. The van der Waals surface area contributed by atoms with Gasteiger partial charge in [0.15, 0.2) is 0 Å². The minimum atomic E-state index is -0.317. The highest BCUT2D eigenvalue weighted by Crippen LogP contribution is 2.29. The highest BCUT2D eigenvalue weighted by Gasteiger charge is 2.17. The summed E-state index contributed by atoms with van der Waals surface area (Å²) >= 11 is 0. The van der Waals surface area contributed by atoms with Gasteiger partial charge in [-0.3, -0.25) is 9.59 Å². The third-order valence-corrected chi connectivity index (χ3v) is 6.01. The number of carbonyl (C=O) groups excluding carboxylic acids is 1. The summed E-state index contributed by atoms with van der Waals surface area (Å²) in [5.41, 5.74) is 4.54. The third-order valence-electron chi connectivity index (χ3n) is 6.01. The van der Waals surface area contributed by atoms with Crippen molar-refractivity contribution in [2.45, 2.75) is 33.1 Å². The Kier molecular flexibility index (Phi) is 7.06. The lowest BCUT2D eigenvalue weighted by Gasteiger charge is -2.19. The molecule has 37 heavy (non-hydrogen) atoms. The van der Waals surface area contributed by atoms with Crippen LogP contribution < -0.4 is 20.9 Å². The van der Waals surface area contributed by atoms with Crippen LogP contribution in [0.5, 0.6) is 6.01 Å². The van der Waals surface area contributed by atoms with E-state index in [1.165, 1.54) is 18.0 Å². The van der Waals surface area contributed by atoms with Gasteiger partial charge < -0.3 is 15.4 Å². The highest BCUT2D eigenvalue weighted by atomic mass is 16.5. The Hall–Kier alpha value is -4.53. The highest BCUT2D eigenvalue weighted by molar-refractivity contribution is 6.05. The smallest absolute Gasteiger partial charge is 0.318 e. The quantitative estimate of drug-likeness (QED) is 0.391. The molecule has 0 spiro atoms. The van der Waals surface area contributed by atoms with E-state index in [1.54, 1.807) is 19.2 Å². The van der Waals surface area contributed by atoms with Crippen LogP contribution in [0.25, 0.3) is 11.3 Å². The molecular formula is C28H30N6O3. The summed E-state index contributed by atoms with van der Waals surface area (Å²) in [6, 6.07) is 16.7. The zero-order valence-corrected chi connectivity index (χ0v) is 21.8. The number of methoxy groups -OCH3 is 1. The first-order chi connectivity index (χ1) is 17.6. The van der Waals surface area contributed by atoms with Gasteiger partial charge in [0.05, 0.1) is 12.8 Å². The van der Waals surface area contributed by atoms with E-state index < -0.39 is 0 Å². The van der Waals surface area contributed by atoms with E-state index in [9.17, 15) is 9.59 Å². The fourth-order valence-corrected chi connectivity index (χ4v) is 3.84. The molecule has 9 heteroatoms. The van der Waals surface area contributed by atoms with E-state index >= 15 is 0 Å². The topological polar surface area (TPSA) is 111 Å². The van der Waals surface area contributed by atoms with Crippen molar-refractivity contribution in [1.82, 2.24) is 19.7 Å². The van der Waals surface area contributed by atoms with Crippen molar-refractivity contribution in [1.29, 1.82) is 0 Å². The molecule has 0 atom stereocenters. The zero-order valence-electron chi connectivity index (χ0n) is 21.8. The van der Waals surface area contributed by atoms with Crippen LogP contribution >= 0.6 is 0 Å². The largest absolute Gasteiger partial charge is 0.467 e. The first-order valence-electron chi connectivity index (χ1n) is 11.8. The molecule has 9 nitrogen and oxygen atoms in total. The Bertz CT molecular complexity index is 1500. The lowest BCUT2D eigenvalue weighted by atomic mass is 9.86. The number of hydrogen-bond donors (Lipinski definition) is 2. The molecule has 0 radical (unpaired) electrons. The van der Waals surface area contributed by atoms with Gasteiger partial charge in [-0.25, -0.2) is 9.67 Å². The summed E-state index contributed by atoms with van der Waals surface area (Å²) in [5.74, 6) is 0.213. The van der Waals surface area contributed by atoms with Crippen LogP contribution in [0, 0.1) is 6.92 Å². The van der Waals surface area contributed by atoms with Gasteiger partial charge in [-0.2, -0.15) is 10.1 Å². The molecule has 2 heterocycles. The molecule has 0 saturated heterocycles. The lowest BCUT2D eigenvalue weighted by molar-refractivity contribution is 0.102. The predicted octanol–water partition coefficient (Wildman–Crippen LogP) is 4.85. The van der Waals surface area contributed by atoms with Crippen molar-refractivity contribution < 1.29 is 9.53 Å². The third kappa shape index (κ3) is 5.66. The van der Waals surface area contributed by atoms with E-state index in [4.69, 9.17) is 4.74 Å². The summed E-state index contributed by atoms with van der Waals surface area (Å²) in [4.78, 5) is 33.9. The van der Waals surface area contributed by atoms with E-state index in [0.717, 1.165) is 16.7 Å². The SMILES string of the molecule is COc1nccc(Nc2cc(-c3cccc(NC(=O)c4ccc(C(C)(C)C)cc4)c3C)nn(C)c2=O)n1. The number of ether oxygens (including phenoxy) is 1. The summed E-state index contributed by atoms with van der Waals surface area (Å²) in [6.45, 7) is 8.31. The predicted molar refractivity (Wildman–Crippen MR) is 145 cm³/mol. The van der Waals surface area contributed by atoms with Gasteiger partial charge in [-0.15, -0.1) is 0 Å². The van der Waals surface area contributed by atoms with Crippen LogP contribution in [0.15, 0.2) is 65.6 Å². The van der Waals surface area contributed by atoms with Crippen molar-refractivity contribution in [3.05, 3.63) is 87.8 Å². The number of amides is 1. The molecule has 2 aromatic heterocycles. The van der Waals surface area contributed by atoms with Gasteiger partial charge in [0.1, 0.15) is 11.5 Å². The molecule has 2 aromatic carbocycles. The van der Waals surface area contributed by atoms with Gasteiger partial charge in [0.2, 0.25) is 0 Å². The van der Waals surface area contributed by atoms with Crippen molar-refractivity contribution in [2.24, 2.45) is 7.05 Å². The minimum absolute atomic E-state index is 0.00987. The Balaban J connectivity index is 1.63. The number of nitrogens with one attached hydrogen (secondary N) is 2. The molecule has 0 aliphatic heterocycles. The Morgan fingerprint density at radius 1 is 1.03 bits per heavy atom. The second-order valence-electron chi connectivity index (χ2n) is 9.69. The molecular weight excluding hydrogens is 468 g/mol. The Labute approximate surface area is 215 Å². The van der Waals surface area contributed by atoms with Crippen molar-refractivity contribution in [2.75, 3.05) is 17.7 Å². The van der Waals surface area contributed by atoms with Crippen LogP contribution in [0.1, 0.15) is 42.3 Å². The number of rotatable bonds is 6. The molecule has 4 rings (SSSR count). The molecule has 190 valence electrons. The molecule has 2 N–H and O–H groups in total. The summed E-state index contributed by atoms with van der Waals surface area (Å²) in [7, 11) is 3.05. The Morgan fingerprint density at radius 2 is 1.76 bits per heavy atom. The van der Waals surface area contributed by atoms with Gasteiger partial charge in [-0.05, 0) is 53.8 Å². The van der Waals surface area contributed by atoms with Gasteiger partial charge in [0, 0.05) is 30.1 Å². The summed E-state index contributed by atoms with van der Waals surface area (Å²) < 4.78 is 6.32. The van der Waals surface area contributed by atoms with Crippen LogP contribution in [-0.2, 0) is 12.5 Å². The standard InChI is InChI=1S/C28H30N6O3/c1-17-20(8-7-9-21(17)31-25(35)18-10-12-19(13-11-18)28(2,3)4)22-16-23(26(36)34(5)33-22)30-24-14-15-29-27(32-24)37-6/h7-16H,1-6H3,(H,31,35)(H,29,30,32). The van der Waals surface area contributed by atoms with Crippen molar-refractivity contribution in [3.63, 3.8) is 0 Å². The minimum Gasteiger partial charge on any atom is -0.467 e. The fourth-order valence-electron chi connectivity index (χ4n) is 3.84. The molecule has 4 aromatic rings. The van der Waals surface area contributed by atoms with Crippen LogP contribution in [0.3, 0.4) is 0 Å². The number of carbonyl (C=O) groups is 1. The average molecular weight is 499 g/mol. The molecule has 0 unspecified atom stereocenters. The Morgan fingerprint density at radius 3 is 2.43 bits per heavy atom. The fraction of sp³-hybridized carbons (Fsp3) is 0.250. The number of nitrogens with zero attached hydrogens (tertiary/aromatic N) is 4. The molecule has 0 fully saturated rings. The maximum absolute atomic E-state index is 13.0. The first kappa shape index (κ1) is 25.6. The van der Waals surface area contributed by atoms with E-state index in [-0.39, 0.29) is 22.9 Å². The monoisotopic (exact) mass is 498 g/mol. The zero-order chi connectivity index (χ0) is 26.7. The second-order valence-corrected chi connectivity index (χ2v) is 9.69. The number of anilines is 3. The normalized spacial score (nSPS) is 11.2. The van der Waals surface area contributed by atoms with Crippen molar-refractivity contribution in [3.8, 4) is 17.3 Å².